The van der Waals surface area contributed by atoms with Crippen molar-refractivity contribution in [2.24, 2.45) is 0 Å². The molecule has 3 rings (SSSR count). The molecule has 1 aliphatic heterocycles. The number of ether oxygens (including phenoxy) is 2. The lowest BCUT2D eigenvalue weighted by Gasteiger charge is -2.25. The predicted molar refractivity (Wildman–Crippen MR) is 136 cm³/mol. The molecule has 2 aromatic rings. The van der Waals surface area contributed by atoms with Gasteiger partial charge in [0.2, 0.25) is 0 Å². The van der Waals surface area contributed by atoms with Crippen LogP contribution < -0.4 is 4.74 Å². The number of aliphatic carboxylic acids is 1. The Morgan fingerprint density at radius 2 is 1.82 bits per heavy atom. The summed E-state index contributed by atoms with van der Waals surface area (Å²) in [6.07, 6.45) is -1.95. The molecule has 2 amide bonds. The number of nitrogens with zero attached hydrogens (tertiary/aromatic N) is 2. The second kappa shape index (κ2) is 12.5. The van der Waals surface area contributed by atoms with Crippen molar-refractivity contribution < 1.29 is 37.3 Å². The zero-order chi connectivity index (χ0) is 27.9. The van der Waals surface area contributed by atoms with Crippen LogP contribution in [0.4, 0.5) is 18.0 Å². The molecule has 1 saturated heterocycles. The number of amides is 2. The van der Waals surface area contributed by atoms with Gasteiger partial charge in [-0.05, 0) is 48.7 Å². The summed E-state index contributed by atoms with van der Waals surface area (Å²) in [6, 6.07) is 11.8. The van der Waals surface area contributed by atoms with Crippen molar-refractivity contribution in [3.05, 3.63) is 65.2 Å². The molecule has 0 bridgehead atoms. The number of hydrogen-bond donors (Lipinski definition) is 1. The lowest BCUT2D eigenvalue weighted by molar-refractivity contribution is -0.163. The number of likely N-dealkylation sites (N-methyl/N-ethyl adjacent to an activating group) is 1. The van der Waals surface area contributed by atoms with E-state index in [1.165, 1.54) is 11.0 Å². The predicted octanol–water partition coefficient (Wildman–Crippen LogP) is 5.61. The summed E-state index contributed by atoms with van der Waals surface area (Å²) in [5, 5.41) is 9.63. The van der Waals surface area contributed by atoms with Gasteiger partial charge in [0.25, 0.3) is 0 Å². The van der Waals surface area contributed by atoms with Gasteiger partial charge in [-0.1, -0.05) is 37.6 Å². The SMILES string of the molecule is CCCCOC(C)(Cc1ccc(OCCC2CN(Cc3cccc(C(F)(F)F)c3)C(=O)N2C)cc1)C(=O)O. The minimum absolute atomic E-state index is 0.101. The first-order valence-corrected chi connectivity index (χ1v) is 12.7. The summed E-state index contributed by atoms with van der Waals surface area (Å²) < 4.78 is 50.5. The minimum atomic E-state index is -4.43. The van der Waals surface area contributed by atoms with E-state index in [2.05, 4.69) is 0 Å². The zero-order valence-corrected chi connectivity index (χ0v) is 22.0. The fourth-order valence-electron chi connectivity index (χ4n) is 4.35. The minimum Gasteiger partial charge on any atom is -0.494 e. The van der Waals surface area contributed by atoms with Gasteiger partial charge in [-0.25, -0.2) is 9.59 Å². The van der Waals surface area contributed by atoms with E-state index in [0.717, 1.165) is 30.5 Å². The zero-order valence-electron chi connectivity index (χ0n) is 22.0. The number of unbranched alkanes of at least 4 members (excludes halogenated alkanes) is 1. The molecule has 2 unspecified atom stereocenters. The second-order valence-electron chi connectivity index (χ2n) is 9.82. The first-order valence-electron chi connectivity index (χ1n) is 12.7. The quantitative estimate of drug-likeness (QED) is 0.337. The van der Waals surface area contributed by atoms with Gasteiger partial charge in [0.1, 0.15) is 5.75 Å². The van der Waals surface area contributed by atoms with Crippen molar-refractivity contribution in [3.8, 4) is 5.75 Å². The molecular formula is C28H35F3N2O5. The third-order valence-electron chi connectivity index (χ3n) is 6.73. The molecule has 38 heavy (non-hydrogen) atoms. The van der Waals surface area contributed by atoms with Crippen LogP contribution in [0.3, 0.4) is 0 Å². The smallest absolute Gasteiger partial charge is 0.416 e. The van der Waals surface area contributed by atoms with Crippen LogP contribution in [0.5, 0.6) is 5.75 Å². The highest BCUT2D eigenvalue weighted by molar-refractivity contribution is 5.77. The van der Waals surface area contributed by atoms with Crippen LogP contribution in [-0.2, 0) is 28.7 Å². The molecule has 2 atom stereocenters. The van der Waals surface area contributed by atoms with E-state index in [1.54, 1.807) is 37.1 Å². The first-order chi connectivity index (χ1) is 17.9. The summed E-state index contributed by atoms with van der Waals surface area (Å²) in [5.41, 5.74) is -0.808. The van der Waals surface area contributed by atoms with Crippen molar-refractivity contribution in [3.63, 3.8) is 0 Å². The number of carboxylic acid groups (broad SMARTS) is 1. The van der Waals surface area contributed by atoms with Gasteiger partial charge in [-0.3, -0.25) is 0 Å². The van der Waals surface area contributed by atoms with E-state index >= 15 is 0 Å². The maximum Gasteiger partial charge on any atom is 0.416 e. The molecule has 1 N–H and O–H groups in total. The third kappa shape index (κ3) is 7.63. The van der Waals surface area contributed by atoms with E-state index in [1.807, 2.05) is 19.1 Å². The number of alkyl halides is 3. The van der Waals surface area contributed by atoms with Crippen LogP contribution in [0.15, 0.2) is 48.5 Å². The highest BCUT2D eigenvalue weighted by atomic mass is 19.4. The Hall–Kier alpha value is -3.27. The van der Waals surface area contributed by atoms with Gasteiger partial charge in [0, 0.05) is 39.6 Å². The third-order valence-corrected chi connectivity index (χ3v) is 6.73. The lowest BCUT2D eigenvalue weighted by atomic mass is 9.96. The normalized spacial score (nSPS) is 17.5. The number of hydrogen-bond acceptors (Lipinski definition) is 4. The summed E-state index contributed by atoms with van der Waals surface area (Å²) in [5.74, 6) is -0.392. The standard InChI is InChI=1S/C28H35F3N2O5/c1-4-5-14-38-27(2,25(34)35)17-20-9-11-24(12-10-20)37-15-13-23-19-33(26(36)32(23)3)18-21-7-6-8-22(16-21)28(29,30)31/h6-12,16,23H,4-5,13-15,17-19H2,1-3H3,(H,34,35). The van der Waals surface area contributed by atoms with E-state index in [4.69, 9.17) is 9.47 Å². The van der Waals surface area contributed by atoms with Crippen LogP contribution >= 0.6 is 0 Å². The van der Waals surface area contributed by atoms with Gasteiger partial charge >= 0.3 is 18.2 Å². The van der Waals surface area contributed by atoms with Crippen molar-refractivity contribution in [1.82, 2.24) is 9.80 Å². The molecule has 0 spiro atoms. The molecule has 0 aromatic heterocycles. The van der Waals surface area contributed by atoms with Crippen molar-refractivity contribution in [2.75, 3.05) is 26.8 Å². The van der Waals surface area contributed by atoms with Gasteiger partial charge in [0.15, 0.2) is 5.60 Å². The number of rotatable bonds is 13. The van der Waals surface area contributed by atoms with E-state index in [0.29, 0.717) is 37.5 Å². The summed E-state index contributed by atoms with van der Waals surface area (Å²) in [6.45, 7) is 4.80. The van der Waals surface area contributed by atoms with Crippen LogP contribution in [-0.4, -0.2) is 65.4 Å². The fraction of sp³-hybridized carbons (Fsp3) is 0.500. The molecule has 0 saturated carbocycles. The van der Waals surface area contributed by atoms with E-state index < -0.39 is 23.3 Å². The Morgan fingerprint density at radius 3 is 2.45 bits per heavy atom. The summed E-state index contributed by atoms with van der Waals surface area (Å²) in [4.78, 5) is 27.5. The average molecular weight is 537 g/mol. The van der Waals surface area contributed by atoms with Crippen LogP contribution in [0.25, 0.3) is 0 Å². The van der Waals surface area contributed by atoms with Crippen LogP contribution in [0, 0.1) is 0 Å². The maximum absolute atomic E-state index is 13.0. The summed E-state index contributed by atoms with van der Waals surface area (Å²) >= 11 is 0. The number of halogens is 3. The van der Waals surface area contributed by atoms with Crippen molar-refractivity contribution in [1.29, 1.82) is 0 Å². The number of carbonyl (C=O) groups is 2. The molecule has 1 fully saturated rings. The van der Waals surface area contributed by atoms with Crippen molar-refractivity contribution >= 4 is 12.0 Å². The average Bonchev–Trinajstić information content (AvgIpc) is 3.12. The second-order valence-corrected chi connectivity index (χ2v) is 9.82. The number of carbonyl (C=O) groups excluding carboxylic acids is 1. The molecule has 1 aliphatic rings. The molecule has 1 heterocycles. The van der Waals surface area contributed by atoms with Gasteiger partial charge < -0.3 is 24.4 Å². The Balaban J connectivity index is 1.50. The van der Waals surface area contributed by atoms with E-state index in [9.17, 15) is 27.9 Å². The molecule has 0 aliphatic carbocycles. The fourth-order valence-corrected chi connectivity index (χ4v) is 4.35. The maximum atomic E-state index is 13.0. The molecular weight excluding hydrogens is 501 g/mol. The molecule has 208 valence electrons. The lowest BCUT2D eigenvalue weighted by Crippen LogP contribution is -2.41. The Bertz CT molecular complexity index is 1090. The van der Waals surface area contributed by atoms with Crippen LogP contribution in [0.1, 0.15) is 49.8 Å². The number of urea groups is 1. The highest BCUT2D eigenvalue weighted by Crippen LogP contribution is 2.30. The Labute approximate surface area is 221 Å². The van der Waals surface area contributed by atoms with Gasteiger partial charge in [-0.2, -0.15) is 13.2 Å². The Kier molecular flexibility index (Phi) is 9.65. The van der Waals surface area contributed by atoms with Crippen molar-refractivity contribution in [2.45, 2.75) is 63.9 Å². The van der Waals surface area contributed by atoms with Crippen LogP contribution in [0.2, 0.25) is 0 Å². The molecule has 10 heteroatoms. The highest BCUT2D eigenvalue weighted by Gasteiger charge is 2.36. The number of carboxylic acids is 1. The molecule has 0 radical (unpaired) electrons. The largest absolute Gasteiger partial charge is 0.494 e. The molecule has 2 aromatic carbocycles. The number of benzene rings is 2. The summed E-state index contributed by atoms with van der Waals surface area (Å²) in [7, 11) is 1.68. The molecule has 7 nitrogen and oxygen atoms in total. The first kappa shape index (κ1) is 29.3. The van der Waals surface area contributed by atoms with Gasteiger partial charge in [0.05, 0.1) is 18.2 Å². The topological polar surface area (TPSA) is 79.3 Å². The Morgan fingerprint density at radius 1 is 1.11 bits per heavy atom. The van der Waals surface area contributed by atoms with E-state index in [-0.39, 0.29) is 25.0 Å². The van der Waals surface area contributed by atoms with Gasteiger partial charge in [-0.15, -0.1) is 0 Å². The monoisotopic (exact) mass is 536 g/mol.